The van der Waals surface area contributed by atoms with E-state index < -0.39 is 11.4 Å². The number of fused-ring (bicyclic) bond motifs is 5. The minimum absolute atomic E-state index is 0.0349. The molecule has 10 atom stereocenters. The number of carboxylic acids is 1. The summed E-state index contributed by atoms with van der Waals surface area (Å²) in [6, 6.07) is 0. The van der Waals surface area contributed by atoms with Gasteiger partial charge in [-0.15, -0.1) is 0 Å². The molecule has 4 saturated carbocycles. The van der Waals surface area contributed by atoms with Crippen molar-refractivity contribution in [2.75, 3.05) is 0 Å². The van der Waals surface area contributed by atoms with Crippen LogP contribution in [-0.2, 0) is 14.3 Å². The van der Waals surface area contributed by atoms with Crippen LogP contribution in [-0.4, -0.2) is 34.4 Å². The van der Waals surface area contributed by atoms with E-state index in [1.807, 2.05) is 20.8 Å². The van der Waals surface area contributed by atoms with Crippen LogP contribution >= 0.6 is 0 Å². The minimum atomic E-state index is -0.716. The number of carboxylic acid groups (broad SMARTS) is 1. The Morgan fingerprint density at radius 2 is 1.77 bits per heavy atom. The van der Waals surface area contributed by atoms with Gasteiger partial charge in [0.15, 0.2) is 0 Å². The Hall–Kier alpha value is -1.10. The number of aliphatic carboxylic acids is 1. The molecular formula is C30H50O5. The van der Waals surface area contributed by atoms with Gasteiger partial charge in [0.25, 0.3) is 0 Å². The van der Waals surface area contributed by atoms with Gasteiger partial charge < -0.3 is 14.9 Å². The number of carbonyl (C=O) groups is 2. The molecule has 2 N–H and O–H groups in total. The van der Waals surface area contributed by atoms with E-state index in [0.717, 1.165) is 38.5 Å². The number of aliphatic hydroxyl groups is 1. The van der Waals surface area contributed by atoms with Crippen LogP contribution in [0.15, 0.2) is 0 Å². The van der Waals surface area contributed by atoms with Crippen LogP contribution in [0.5, 0.6) is 0 Å². The summed E-state index contributed by atoms with van der Waals surface area (Å²) in [5.41, 5.74) is -0.306. The van der Waals surface area contributed by atoms with Gasteiger partial charge in [-0.1, -0.05) is 27.7 Å². The lowest BCUT2D eigenvalue weighted by molar-refractivity contribution is -0.185. The fraction of sp³-hybridized carbons (Fsp3) is 0.933. The first-order chi connectivity index (χ1) is 16.3. The number of hydrogen-bond donors (Lipinski definition) is 2. The highest BCUT2D eigenvalue weighted by Gasteiger charge is 2.63. The standard InChI is InChI=1S/C30H50O5/c1-7-28(3,4)27(34)35-20-14-15-29(5)19(16-20)9-10-21-23-12-11-22(18(2)8-13-26(32)33)30(23,6)25(31)17-24(21)29/h18-25,31H,7-17H2,1-6H3,(H,32,33)/t18?,19?,20-,21?,22?,23?,24?,25+,29?,30?/m1/s1. The molecule has 5 heteroatoms. The van der Waals surface area contributed by atoms with E-state index in [9.17, 15) is 19.8 Å². The molecule has 0 aliphatic heterocycles. The second-order valence-electron chi connectivity index (χ2n) is 13.9. The van der Waals surface area contributed by atoms with Gasteiger partial charge in [-0.05, 0) is 124 Å². The average Bonchev–Trinajstić information content (AvgIpc) is 3.17. The Labute approximate surface area is 212 Å². The van der Waals surface area contributed by atoms with Gasteiger partial charge in [-0.3, -0.25) is 9.59 Å². The van der Waals surface area contributed by atoms with Crippen LogP contribution in [0.2, 0.25) is 0 Å². The van der Waals surface area contributed by atoms with Gasteiger partial charge in [0.2, 0.25) is 0 Å². The molecule has 0 heterocycles. The summed E-state index contributed by atoms with van der Waals surface area (Å²) in [6.45, 7) is 13.0. The van der Waals surface area contributed by atoms with Crippen LogP contribution in [0.4, 0.5) is 0 Å². The van der Waals surface area contributed by atoms with E-state index in [2.05, 4.69) is 20.8 Å². The SMILES string of the molecule is CCC(C)(C)C(=O)O[C@@H]1CCC2(C)C(CCC3C2C[C@H](O)C2(C)C(C(C)CCC(=O)O)CCC32)C1. The van der Waals surface area contributed by atoms with Crippen molar-refractivity contribution in [2.45, 2.75) is 124 Å². The highest BCUT2D eigenvalue weighted by Crippen LogP contribution is 2.68. The molecule has 35 heavy (non-hydrogen) atoms. The highest BCUT2D eigenvalue weighted by molar-refractivity contribution is 5.76. The number of aliphatic hydroxyl groups excluding tert-OH is 1. The summed E-state index contributed by atoms with van der Waals surface area (Å²) in [6.07, 6.45) is 10.0. The van der Waals surface area contributed by atoms with Crippen molar-refractivity contribution < 1.29 is 24.5 Å². The van der Waals surface area contributed by atoms with Crippen molar-refractivity contribution in [3.8, 4) is 0 Å². The van der Waals surface area contributed by atoms with Crippen molar-refractivity contribution >= 4 is 11.9 Å². The van der Waals surface area contributed by atoms with Gasteiger partial charge in [0, 0.05) is 6.42 Å². The van der Waals surface area contributed by atoms with Crippen LogP contribution in [0.1, 0.15) is 112 Å². The summed E-state index contributed by atoms with van der Waals surface area (Å²) in [4.78, 5) is 23.9. The molecule has 5 nitrogen and oxygen atoms in total. The number of esters is 1. The first-order valence-corrected chi connectivity index (χ1v) is 14.5. The van der Waals surface area contributed by atoms with E-state index in [1.165, 1.54) is 19.3 Å². The topological polar surface area (TPSA) is 83.8 Å². The van der Waals surface area contributed by atoms with E-state index in [-0.39, 0.29) is 35.4 Å². The monoisotopic (exact) mass is 490 g/mol. The Balaban J connectivity index is 1.47. The second-order valence-corrected chi connectivity index (χ2v) is 13.9. The first kappa shape index (κ1) is 26.9. The average molecular weight is 491 g/mol. The molecule has 0 aromatic heterocycles. The number of hydrogen-bond acceptors (Lipinski definition) is 4. The van der Waals surface area contributed by atoms with Gasteiger partial charge >= 0.3 is 11.9 Å². The highest BCUT2D eigenvalue weighted by atomic mass is 16.5. The molecule has 0 bridgehead atoms. The van der Waals surface area contributed by atoms with Crippen molar-refractivity contribution in [2.24, 2.45) is 51.8 Å². The fourth-order valence-corrected chi connectivity index (χ4v) is 9.26. The second kappa shape index (κ2) is 9.65. The smallest absolute Gasteiger partial charge is 0.311 e. The van der Waals surface area contributed by atoms with Gasteiger partial charge in [0.1, 0.15) is 6.10 Å². The van der Waals surface area contributed by atoms with Crippen molar-refractivity contribution in [3.05, 3.63) is 0 Å². The fourth-order valence-electron chi connectivity index (χ4n) is 9.26. The normalized spacial score (nSPS) is 44.0. The third-order valence-corrected chi connectivity index (χ3v) is 12.0. The number of carbonyl (C=O) groups excluding carboxylic acids is 1. The number of ether oxygens (including phenoxy) is 1. The summed E-state index contributed by atoms with van der Waals surface area (Å²) in [5.74, 6) is 2.25. The van der Waals surface area contributed by atoms with Crippen molar-refractivity contribution in [3.63, 3.8) is 0 Å². The zero-order valence-corrected chi connectivity index (χ0v) is 23.0. The van der Waals surface area contributed by atoms with Gasteiger partial charge in [-0.2, -0.15) is 0 Å². The molecule has 8 unspecified atom stereocenters. The third kappa shape index (κ3) is 4.57. The molecule has 0 aromatic carbocycles. The molecule has 4 aliphatic rings. The lowest BCUT2D eigenvalue weighted by atomic mass is 9.43. The van der Waals surface area contributed by atoms with E-state index >= 15 is 0 Å². The maximum absolute atomic E-state index is 12.7. The molecule has 4 aliphatic carbocycles. The number of rotatable bonds is 7. The first-order valence-electron chi connectivity index (χ1n) is 14.5. The predicted octanol–water partition coefficient (Wildman–Crippen LogP) is 6.47. The molecule has 0 aromatic rings. The Kier molecular flexibility index (Phi) is 7.43. The molecule has 0 amide bonds. The van der Waals surface area contributed by atoms with Crippen molar-refractivity contribution in [1.29, 1.82) is 0 Å². The molecule has 0 saturated heterocycles. The Bertz CT molecular complexity index is 807. The molecule has 4 fully saturated rings. The van der Waals surface area contributed by atoms with E-state index in [0.29, 0.717) is 41.9 Å². The summed E-state index contributed by atoms with van der Waals surface area (Å²) in [7, 11) is 0. The maximum atomic E-state index is 12.7. The summed E-state index contributed by atoms with van der Waals surface area (Å²) in [5, 5.41) is 20.9. The summed E-state index contributed by atoms with van der Waals surface area (Å²) >= 11 is 0. The molecule has 0 radical (unpaired) electrons. The lowest BCUT2D eigenvalue weighted by Crippen LogP contribution is -2.59. The zero-order valence-electron chi connectivity index (χ0n) is 23.0. The van der Waals surface area contributed by atoms with E-state index in [4.69, 9.17) is 4.74 Å². The Morgan fingerprint density at radius 3 is 2.43 bits per heavy atom. The maximum Gasteiger partial charge on any atom is 0.311 e. The molecule has 0 spiro atoms. The van der Waals surface area contributed by atoms with Gasteiger partial charge in [0.05, 0.1) is 11.5 Å². The lowest BCUT2D eigenvalue weighted by Gasteiger charge is -2.62. The quantitative estimate of drug-likeness (QED) is 0.400. The van der Waals surface area contributed by atoms with Gasteiger partial charge in [-0.25, -0.2) is 0 Å². The Morgan fingerprint density at radius 1 is 1.06 bits per heavy atom. The van der Waals surface area contributed by atoms with Crippen LogP contribution in [0.3, 0.4) is 0 Å². The van der Waals surface area contributed by atoms with Crippen molar-refractivity contribution in [1.82, 2.24) is 0 Å². The van der Waals surface area contributed by atoms with E-state index in [1.54, 1.807) is 0 Å². The predicted molar refractivity (Wildman–Crippen MR) is 137 cm³/mol. The van der Waals surface area contributed by atoms with Crippen LogP contribution in [0.25, 0.3) is 0 Å². The molecular weight excluding hydrogens is 440 g/mol. The zero-order chi connectivity index (χ0) is 25.8. The molecule has 200 valence electrons. The van der Waals surface area contributed by atoms with Crippen LogP contribution in [0, 0.1) is 51.8 Å². The summed E-state index contributed by atoms with van der Waals surface area (Å²) < 4.78 is 6.03. The third-order valence-electron chi connectivity index (χ3n) is 12.0. The molecule has 4 rings (SSSR count). The minimum Gasteiger partial charge on any atom is -0.481 e. The van der Waals surface area contributed by atoms with Crippen LogP contribution < -0.4 is 0 Å². The largest absolute Gasteiger partial charge is 0.481 e.